The van der Waals surface area contributed by atoms with Crippen LogP contribution in [0.1, 0.15) is 37.2 Å². The molecule has 0 spiro atoms. The third-order valence-electron chi connectivity index (χ3n) is 5.06. The molecule has 1 fully saturated rings. The van der Waals surface area contributed by atoms with Gasteiger partial charge >= 0.3 is 0 Å². The number of ether oxygens (including phenoxy) is 2. The summed E-state index contributed by atoms with van der Waals surface area (Å²) in [6.07, 6.45) is 2.59. The van der Waals surface area contributed by atoms with Crippen LogP contribution in [0.3, 0.4) is 0 Å². The van der Waals surface area contributed by atoms with E-state index in [9.17, 15) is 4.79 Å². The van der Waals surface area contributed by atoms with Gasteiger partial charge in [0.2, 0.25) is 11.8 Å². The first-order valence-corrected chi connectivity index (χ1v) is 9.89. The zero-order valence-corrected chi connectivity index (χ0v) is 17.3. The molecule has 0 radical (unpaired) electrons. The molecule has 29 heavy (non-hydrogen) atoms. The van der Waals surface area contributed by atoms with Crippen molar-refractivity contribution in [2.45, 2.75) is 45.4 Å². The highest BCUT2D eigenvalue weighted by Gasteiger charge is 2.27. The van der Waals surface area contributed by atoms with E-state index in [1.165, 1.54) is 0 Å². The summed E-state index contributed by atoms with van der Waals surface area (Å²) in [5.41, 5.74) is 0.969. The fraction of sp³-hybridized carbons (Fsp3) is 0.600. The van der Waals surface area contributed by atoms with E-state index < -0.39 is 0 Å². The van der Waals surface area contributed by atoms with E-state index in [1.54, 1.807) is 21.1 Å². The molecule has 9 heteroatoms. The molecule has 158 valence electrons. The van der Waals surface area contributed by atoms with Gasteiger partial charge in [0.05, 0.1) is 12.8 Å². The fourth-order valence-corrected chi connectivity index (χ4v) is 3.71. The third-order valence-corrected chi connectivity index (χ3v) is 5.06. The molecule has 1 amide bonds. The van der Waals surface area contributed by atoms with E-state index in [4.69, 9.17) is 14.0 Å². The summed E-state index contributed by atoms with van der Waals surface area (Å²) in [6.45, 7) is 5.03. The second-order valence-electron chi connectivity index (χ2n) is 7.20. The third kappa shape index (κ3) is 5.98. The first kappa shape index (κ1) is 21.2. The highest BCUT2D eigenvalue weighted by atomic mass is 16.5. The molecule has 0 N–H and O–H groups in total. The number of aromatic nitrogens is 3. The molecule has 0 aliphatic carbocycles. The Kier molecular flexibility index (Phi) is 7.54. The number of amides is 1. The molecular weight excluding hydrogens is 374 g/mol. The molecule has 1 atom stereocenters. The number of carbonyl (C=O) groups excluding carboxylic acids is 1. The lowest BCUT2D eigenvalue weighted by molar-refractivity contribution is -0.132. The first-order valence-electron chi connectivity index (χ1n) is 9.89. The van der Waals surface area contributed by atoms with Crippen molar-refractivity contribution in [3.8, 4) is 5.88 Å². The van der Waals surface area contributed by atoms with Crippen LogP contribution in [-0.2, 0) is 29.1 Å². The van der Waals surface area contributed by atoms with Crippen LogP contribution < -0.4 is 4.74 Å². The van der Waals surface area contributed by atoms with E-state index in [0.29, 0.717) is 37.2 Å². The van der Waals surface area contributed by atoms with Gasteiger partial charge in [-0.15, -0.1) is 0 Å². The van der Waals surface area contributed by atoms with E-state index in [1.807, 2.05) is 23.1 Å². The Bertz CT molecular complexity index is 797. The topological polar surface area (TPSA) is 93.8 Å². The Labute approximate surface area is 171 Å². The molecule has 0 saturated carbocycles. The summed E-state index contributed by atoms with van der Waals surface area (Å²) in [5, 5.41) is 3.96. The minimum Gasteiger partial charge on any atom is -0.481 e. The van der Waals surface area contributed by atoms with Crippen LogP contribution in [0.5, 0.6) is 5.88 Å². The Morgan fingerprint density at radius 2 is 2.21 bits per heavy atom. The van der Waals surface area contributed by atoms with Gasteiger partial charge in [0.25, 0.3) is 5.89 Å². The Balaban J connectivity index is 1.58. The van der Waals surface area contributed by atoms with Crippen LogP contribution >= 0.6 is 0 Å². The molecule has 3 rings (SSSR count). The van der Waals surface area contributed by atoms with Crippen molar-refractivity contribution < 1.29 is 18.8 Å². The maximum absolute atomic E-state index is 12.3. The van der Waals surface area contributed by atoms with Gasteiger partial charge in [-0.1, -0.05) is 11.2 Å². The highest BCUT2D eigenvalue weighted by molar-refractivity contribution is 5.73. The summed E-state index contributed by atoms with van der Waals surface area (Å²) in [5.74, 6) is 1.73. The molecule has 3 heterocycles. The Hall–Kier alpha value is -2.52. The second-order valence-corrected chi connectivity index (χ2v) is 7.20. The molecular formula is C20H29N5O4. The number of likely N-dealkylation sites (tertiary alicyclic amines) is 1. The lowest BCUT2D eigenvalue weighted by Crippen LogP contribution is -2.50. The molecule has 2 aromatic heterocycles. The SMILES string of the molecule is COCc1nc(CCN(C(C)=O)C2CCCN(Cc3cccc(OC)n3)C2)no1. The maximum Gasteiger partial charge on any atom is 0.252 e. The normalized spacial score (nSPS) is 17.3. The van der Waals surface area contributed by atoms with Crippen LogP contribution in [0.25, 0.3) is 0 Å². The van der Waals surface area contributed by atoms with Gasteiger partial charge in [-0.3, -0.25) is 9.69 Å². The quantitative estimate of drug-likeness (QED) is 0.624. The van der Waals surface area contributed by atoms with Crippen molar-refractivity contribution >= 4 is 5.91 Å². The number of hydrogen-bond donors (Lipinski definition) is 0. The molecule has 1 aliphatic rings. The zero-order chi connectivity index (χ0) is 20.6. The highest BCUT2D eigenvalue weighted by Crippen LogP contribution is 2.19. The van der Waals surface area contributed by atoms with Gasteiger partial charge in [-0.05, 0) is 25.5 Å². The van der Waals surface area contributed by atoms with Gasteiger partial charge in [0.15, 0.2) is 5.82 Å². The van der Waals surface area contributed by atoms with E-state index in [0.717, 1.165) is 38.2 Å². The van der Waals surface area contributed by atoms with Gasteiger partial charge in [0, 0.05) is 52.2 Å². The molecule has 0 aromatic carbocycles. The van der Waals surface area contributed by atoms with Crippen molar-refractivity contribution in [3.05, 3.63) is 35.6 Å². The van der Waals surface area contributed by atoms with Crippen molar-refractivity contribution in [2.24, 2.45) is 0 Å². The van der Waals surface area contributed by atoms with Gasteiger partial charge in [-0.2, -0.15) is 4.98 Å². The fourth-order valence-electron chi connectivity index (χ4n) is 3.71. The molecule has 1 aliphatic heterocycles. The molecule has 2 aromatic rings. The molecule has 0 bridgehead atoms. The van der Waals surface area contributed by atoms with Gasteiger partial charge in [-0.25, -0.2) is 4.98 Å². The number of carbonyl (C=O) groups is 1. The zero-order valence-electron chi connectivity index (χ0n) is 17.3. The van der Waals surface area contributed by atoms with Crippen LogP contribution in [0.15, 0.2) is 22.7 Å². The van der Waals surface area contributed by atoms with Crippen molar-refractivity contribution in [1.29, 1.82) is 0 Å². The Morgan fingerprint density at radius 1 is 1.34 bits per heavy atom. The molecule has 1 saturated heterocycles. The van der Waals surface area contributed by atoms with E-state index in [2.05, 4.69) is 20.0 Å². The predicted molar refractivity (Wildman–Crippen MR) is 105 cm³/mol. The number of nitrogens with zero attached hydrogens (tertiary/aromatic N) is 5. The summed E-state index contributed by atoms with van der Waals surface area (Å²) >= 11 is 0. The first-order chi connectivity index (χ1) is 14.1. The number of methoxy groups -OCH3 is 2. The lowest BCUT2D eigenvalue weighted by Gasteiger charge is -2.39. The van der Waals surface area contributed by atoms with Crippen LogP contribution in [-0.4, -0.2) is 70.7 Å². The standard InChI is InChI=1S/C20H29N5O4/c1-15(26)25(11-9-18-22-20(14-27-2)29-23-18)17-7-5-10-24(13-17)12-16-6-4-8-19(21-16)28-3/h4,6,8,17H,5,7,9-14H2,1-3H3. The summed E-state index contributed by atoms with van der Waals surface area (Å²) in [7, 11) is 3.20. The summed E-state index contributed by atoms with van der Waals surface area (Å²) in [4.78, 5) is 25.4. The number of hydrogen-bond acceptors (Lipinski definition) is 8. The minimum atomic E-state index is 0.0666. The minimum absolute atomic E-state index is 0.0666. The predicted octanol–water partition coefficient (Wildman–Crippen LogP) is 1.68. The average Bonchev–Trinajstić information content (AvgIpc) is 3.16. The van der Waals surface area contributed by atoms with E-state index >= 15 is 0 Å². The van der Waals surface area contributed by atoms with Crippen molar-refractivity contribution in [1.82, 2.24) is 24.9 Å². The number of piperidine rings is 1. The molecule has 9 nitrogen and oxygen atoms in total. The van der Waals surface area contributed by atoms with Gasteiger partial charge < -0.3 is 18.9 Å². The second kappa shape index (κ2) is 10.3. The summed E-state index contributed by atoms with van der Waals surface area (Å²) in [6, 6.07) is 5.96. The monoisotopic (exact) mass is 403 g/mol. The summed E-state index contributed by atoms with van der Waals surface area (Å²) < 4.78 is 15.3. The number of rotatable bonds is 9. The Morgan fingerprint density at radius 3 is 2.97 bits per heavy atom. The van der Waals surface area contributed by atoms with Gasteiger partial charge in [0.1, 0.15) is 6.61 Å². The van der Waals surface area contributed by atoms with Crippen molar-refractivity contribution in [3.63, 3.8) is 0 Å². The van der Waals surface area contributed by atoms with Crippen LogP contribution in [0.4, 0.5) is 0 Å². The smallest absolute Gasteiger partial charge is 0.252 e. The average molecular weight is 403 g/mol. The van der Waals surface area contributed by atoms with Crippen LogP contribution in [0, 0.1) is 0 Å². The maximum atomic E-state index is 12.3. The lowest BCUT2D eigenvalue weighted by atomic mass is 10.0. The van der Waals surface area contributed by atoms with Crippen molar-refractivity contribution in [2.75, 3.05) is 33.9 Å². The van der Waals surface area contributed by atoms with E-state index in [-0.39, 0.29) is 11.9 Å². The van der Waals surface area contributed by atoms with Crippen LogP contribution in [0.2, 0.25) is 0 Å². The number of pyridine rings is 1. The largest absolute Gasteiger partial charge is 0.481 e. The molecule has 1 unspecified atom stereocenters.